The standard InChI is InChI=1S/C11H18N4O/c1-3-12-11-13-6-7(2)10(15-11)14-8-4-9(16)5-8/h6,8-9,16H,3-5H2,1-2H3,(H2,12,13,14,15). The zero-order chi connectivity index (χ0) is 11.5. The van der Waals surface area contributed by atoms with Gasteiger partial charge >= 0.3 is 0 Å². The second kappa shape index (κ2) is 4.65. The van der Waals surface area contributed by atoms with E-state index in [0.717, 1.165) is 30.8 Å². The van der Waals surface area contributed by atoms with Crippen molar-refractivity contribution in [2.24, 2.45) is 0 Å². The fourth-order valence-electron chi connectivity index (χ4n) is 1.73. The van der Waals surface area contributed by atoms with E-state index in [9.17, 15) is 5.11 Å². The lowest BCUT2D eigenvalue weighted by Gasteiger charge is -2.32. The van der Waals surface area contributed by atoms with Crippen molar-refractivity contribution < 1.29 is 5.11 Å². The van der Waals surface area contributed by atoms with Crippen molar-refractivity contribution in [3.63, 3.8) is 0 Å². The van der Waals surface area contributed by atoms with Crippen LogP contribution in [0.25, 0.3) is 0 Å². The highest BCUT2D eigenvalue weighted by Gasteiger charge is 2.27. The molecule has 2 rings (SSSR count). The summed E-state index contributed by atoms with van der Waals surface area (Å²) < 4.78 is 0. The lowest BCUT2D eigenvalue weighted by Crippen LogP contribution is -2.39. The molecule has 0 spiro atoms. The van der Waals surface area contributed by atoms with Gasteiger partial charge in [-0.2, -0.15) is 4.98 Å². The number of hydrogen-bond donors (Lipinski definition) is 3. The third-order valence-corrected chi connectivity index (χ3v) is 2.76. The van der Waals surface area contributed by atoms with Gasteiger partial charge in [-0.1, -0.05) is 0 Å². The number of aliphatic hydroxyl groups is 1. The van der Waals surface area contributed by atoms with Gasteiger partial charge < -0.3 is 15.7 Å². The van der Waals surface area contributed by atoms with E-state index in [1.165, 1.54) is 0 Å². The largest absolute Gasteiger partial charge is 0.393 e. The molecule has 0 bridgehead atoms. The van der Waals surface area contributed by atoms with Crippen LogP contribution in [0.5, 0.6) is 0 Å². The average molecular weight is 222 g/mol. The fraction of sp³-hybridized carbons (Fsp3) is 0.636. The number of aromatic nitrogens is 2. The number of nitrogens with zero attached hydrogens (tertiary/aromatic N) is 2. The van der Waals surface area contributed by atoms with Gasteiger partial charge in [-0.05, 0) is 26.7 Å². The van der Waals surface area contributed by atoms with Gasteiger partial charge in [-0.3, -0.25) is 0 Å². The van der Waals surface area contributed by atoms with Gasteiger partial charge in [-0.25, -0.2) is 4.98 Å². The maximum absolute atomic E-state index is 9.22. The number of aryl methyl sites for hydroxylation is 1. The van der Waals surface area contributed by atoms with Crippen LogP contribution in [-0.4, -0.2) is 33.8 Å². The summed E-state index contributed by atoms with van der Waals surface area (Å²) in [5.41, 5.74) is 1.03. The minimum Gasteiger partial charge on any atom is -0.393 e. The quantitative estimate of drug-likeness (QED) is 0.713. The SMILES string of the molecule is CCNc1ncc(C)c(NC2CC(O)C2)n1. The minimum atomic E-state index is -0.145. The average Bonchev–Trinajstić information content (AvgIpc) is 2.21. The predicted octanol–water partition coefficient (Wildman–Crippen LogP) is 1.15. The van der Waals surface area contributed by atoms with E-state index in [4.69, 9.17) is 0 Å². The molecule has 1 saturated carbocycles. The molecule has 16 heavy (non-hydrogen) atoms. The second-order valence-corrected chi connectivity index (χ2v) is 4.22. The molecular formula is C11H18N4O. The molecule has 1 aromatic heterocycles. The maximum atomic E-state index is 9.22. The van der Waals surface area contributed by atoms with Gasteiger partial charge in [-0.15, -0.1) is 0 Å². The molecule has 0 amide bonds. The van der Waals surface area contributed by atoms with Crippen molar-refractivity contribution >= 4 is 11.8 Å². The van der Waals surface area contributed by atoms with Crippen LogP contribution in [0.2, 0.25) is 0 Å². The fourth-order valence-corrected chi connectivity index (χ4v) is 1.73. The van der Waals surface area contributed by atoms with Crippen molar-refractivity contribution in [1.82, 2.24) is 9.97 Å². The van der Waals surface area contributed by atoms with Crippen LogP contribution in [0.15, 0.2) is 6.20 Å². The van der Waals surface area contributed by atoms with Gasteiger partial charge in [0.05, 0.1) is 6.10 Å². The first-order valence-corrected chi connectivity index (χ1v) is 5.71. The van der Waals surface area contributed by atoms with Crippen LogP contribution in [0.3, 0.4) is 0 Å². The van der Waals surface area contributed by atoms with Gasteiger partial charge in [0.1, 0.15) is 5.82 Å². The lowest BCUT2D eigenvalue weighted by atomic mass is 9.89. The molecule has 1 fully saturated rings. The summed E-state index contributed by atoms with van der Waals surface area (Å²) in [5, 5.41) is 15.6. The second-order valence-electron chi connectivity index (χ2n) is 4.22. The number of rotatable bonds is 4. The molecule has 88 valence electrons. The Morgan fingerprint density at radius 2 is 2.25 bits per heavy atom. The van der Waals surface area contributed by atoms with E-state index in [1.54, 1.807) is 0 Å². The Balaban J connectivity index is 2.03. The normalized spacial score (nSPS) is 23.7. The first-order valence-electron chi connectivity index (χ1n) is 5.71. The molecule has 0 radical (unpaired) electrons. The van der Waals surface area contributed by atoms with E-state index in [1.807, 2.05) is 20.0 Å². The summed E-state index contributed by atoms with van der Waals surface area (Å²) in [4.78, 5) is 8.58. The molecule has 1 aliphatic carbocycles. The molecule has 3 N–H and O–H groups in total. The highest BCUT2D eigenvalue weighted by Crippen LogP contribution is 2.24. The predicted molar refractivity (Wildman–Crippen MR) is 63.6 cm³/mol. The molecule has 0 aliphatic heterocycles. The first-order chi connectivity index (χ1) is 7.69. The van der Waals surface area contributed by atoms with Crippen LogP contribution in [0, 0.1) is 6.92 Å². The van der Waals surface area contributed by atoms with Crippen LogP contribution in [0.1, 0.15) is 25.3 Å². The Kier molecular flexibility index (Phi) is 3.24. The molecule has 0 aromatic carbocycles. The molecule has 1 heterocycles. The van der Waals surface area contributed by atoms with Crippen molar-refractivity contribution in [2.45, 2.75) is 38.8 Å². The van der Waals surface area contributed by atoms with Crippen molar-refractivity contribution in [1.29, 1.82) is 0 Å². The van der Waals surface area contributed by atoms with E-state index >= 15 is 0 Å². The Morgan fingerprint density at radius 3 is 2.88 bits per heavy atom. The van der Waals surface area contributed by atoms with Crippen LogP contribution in [-0.2, 0) is 0 Å². The highest BCUT2D eigenvalue weighted by atomic mass is 16.3. The Labute approximate surface area is 95.3 Å². The Hall–Kier alpha value is -1.36. The zero-order valence-corrected chi connectivity index (χ0v) is 9.70. The van der Waals surface area contributed by atoms with Gasteiger partial charge in [0.15, 0.2) is 0 Å². The maximum Gasteiger partial charge on any atom is 0.224 e. The summed E-state index contributed by atoms with van der Waals surface area (Å²) >= 11 is 0. The molecular weight excluding hydrogens is 204 g/mol. The molecule has 0 saturated heterocycles. The van der Waals surface area contributed by atoms with E-state index < -0.39 is 0 Å². The molecule has 5 heteroatoms. The van der Waals surface area contributed by atoms with Crippen molar-refractivity contribution in [3.8, 4) is 0 Å². The molecule has 0 atom stereocenters. The topological polar surface area (TPSA) is 70.1 Å². The van der Waals surface area contributed by atoms with E-state index in [2.05, 4.69) is 20.6 Å². The molecule has 1 aromatic rings. The summed E-state index contributed by atoms with van der Waals surface area (Å²) in [6.45, 7) is 4.80. The third kappa shape index (κ3) is 2.41. The molecule has 5 nitrogen and oxygen atoms in total. The summed E-state index contributed by atoms with van der Waals surface area (Å²) in [6.07, 6.45) is 3.27. The lowest BCUT2D eigenvalue weighted by molar-refractivity contribution is 0.0835. The van der Waals surface area contributed by atoms with E-state index in [0.29, 0.717) is 12.0 Å². The zero-order valence-electron chi connectivity index (χ0n) is 9.70. The summed E-state index contributed by atoms with van der Waals surface area (Å²) in [5.74, 6) is 1.51. The number of hydrogen-bond acceptors (Lipinski definition) is 5. The Morgan fingerprint density at radius 1 is 1.50 bits per heavy atom. The van der Waals surface area contributed by atoms with Crippen molar-refractivity contribution in [2.75, 3.05) is 17.2 Å². The minimum absolute atomic E-state index is 0.145. The molecule has 1 aliphatic rings. The summed E-state index contributed by atoms with van der Waals surface area (Å²) in [6, 6.07) is 0.345. The summed E-state index contributed by atoms with van der Waals surface area (Å²) in [7, 11) is 0. The number of anilines is 2. The first kappa shape index (κ1) is 11.1. The van der Waals surface area contributed by atoms with Crippen molar-refractivity contribution in [3.05, 3.63) is 11.8 Å². The smallest absolute Gasteiger partial charge is 0.224 e. The van der Waals surface area contributed by atoms with Gasteiger partial charge in [0, 0.05) is 24.3 Å². The van der Waals surface area contributed by atoms with Gasteiger partial charge in [0.2, 0.25) is 5.95 Å². The molecule has 0 unspecified atom stereocenters. The number of aliphatic hydroxyl groups excluding tert-OH is 1. The van der Waals surface area contributed by atoms with Crippen LogP contribution < -0.4 is 10.6 Å². The Bertz CT molecular complexity index is 363. The third-order valence-electron chi connectivity index (χ3n) is 2.76. The van der Waals surface area contributed by atoms with E-state index in [-0.39, 0.29) is 6.10 Å². The van der Waals surface area contributed by atoms with Crippen LogP contribution in [0.4, 0.5) is 11.8 Å². The monoisotopic (exact) mass is 222 g/mol. The highest BCUT2D eigenvalue weighted by molar-refractivity contribution is 5.47. The van der Waals surface area contributed by atoms with Gasteiger partial charge in [0.25, 0.3) is 0 Å². The number of nitrogens with one attached hydrogen (secondary N) is 2. The van der Waals surface area contributed by atoms with Crippen LogP contribution >= 0.6 is 0 Å².